The minimum absolute atomic E-state index is 0.0933. The molecule has 0 radical (unpaired) electrons. The summed E-state index contributed by atoms with van der Waals surface area (Å²) in [6.07, 6.45) is 1.67. The molecule has 0 amide bonds. The molecule has 1 rings (SSSR count). The van der Waals surface area contributed by atoms with Gasteiger partial charge in [0.2, 0.25) is 5.43 Å². The van der Waals surface area contributed by atoms with Crippen LogP contribution in [0.4, 0.5) is 0 Å². The summed E-state index contributed by atoms with van der Waals surface area (Å²) in [5, 5.41) is 6.83. The highest BCUT2D eigenvalue weighted by Crippen LogP contribution is 2.20. The average Bonchev–Trinajstić information content (AvgIpc) is 2.32. The second-order valence-electron chi connectivity index (χ2n) is 3.15. The van der Waals surface area contributed by atoms with Crippen molar-refractivity contribution in [2.75, 3.05) is 6.61 Å². The Morgan fingerprint density at radius 3 is 2.69 bits per heavy atom. The van der Waals surface area contributed by atoms with Gasteiger partial charge in [0.15, 0.2) is 5.75 Å². The van der Waals surface area contributed by atoms with Crippen molar-refractivity contribution in [2.24, 2.45) is 0 Å². The van der Waals surface area contributed by atoms with E-state index >= 15 is 0 Å². The first-order chi connectivity index (χ1) is 7.67. The summed E-state index contributed by atoms with van der Waals surface area (Å²) in [5.41, 5.74) is -1.86. The van der Waals surface area contributed by atoms with Crippen molar-refractivity contribution in [1.29, 1.82) is 5.41 Å². The van der Waals surface area contributed by atoms with E-state index in [9.17, 15) is 9.59 Å². The Labute approximate surface area is 92.0 Å². The first kappa shape index (κ1) is 11.9. The number of nitrogens with zero attached hydrogens (tertiary/aromatic N) is 1. The molecular weight excluding hydrogens is 208 g/mol. The first-order valence-corrected chi connectivity index (χ1v) is 4.81. The minimum atomic E-state index is -0.766. The zero-order valence-electron chi connectivity index (χ0n) is 8.79. The maximum Gasteiger partial charge on any atom is 0.266 e. The van der Waals surface area contributed by atoms with E-state index in [2.05, 4.69) is 4.85 Å². The van der Waals surface area contributed by atoms with Crippen molar-refractivity contribution in [3.63, 3.8) is 0 Å². The number of ether oxygens (including phenoxy) is 1. The number of hydrogen-bond acceptors (Lipinski definition) is 4. The Hall–Kier alpha value is -2.18. The van der Waals surface area contributed by atoms with Crippen molar-refractivity contribution < 1.29 is 4.74 Å². The van der Waals surface area contributed by atoms with E-state index in [1.165, 1.54) is 0 Å². The van der Waals surface area contributed by atoms with E-state index in [0.29, 0.717) is 6.61 Å². The molecule has 0 fully saturated rings. The lowest BCUT2D eigenvalue weighted by atomic mass is 10.1. The molecule has 0 saturated heterocycles. The van der Waals surface area contributed by atoms with E-state index in [4.69, 9.17) is 16.7 Å². The molecular formula is C11H10N2O3. The molecule has 1 aromatic carbocycles. The lowest BCUT2D eigenvalue weighted by Crippen LogP contribution is -2.36. The average molecular weight is 218 g/mol. The largest absolute Gasteiger partial charge is 0.490 e. The third-order valence-corrected chi connectivity index (χ3v) is 2.08. The zero-order valence-corrected chi connectivity index (χ0v) is 8.79. The quantitative estimate of drug-likeness (QED) is 0.346. The maximum atomic E-state index is 11.2. The molecule has 82 valence electrons. The Morgan fingerprint density at radius 1 is 1.50 bits per heavy atom. The van der Waals surface area contributed by atoms with Crippen LogP contribution >= 0.6 is 0 Å². The molecule has 5 heteroatoms. The second kappa shape index (κ2) is 5.06. The van der Waals surface area contributed by atoms with Gasteiger partial charge in [-0.2, -0.15) is 0 Å². The SMILES string of the molecule is [C-]#[N+]C(=C=N)c1c(OCCCC)c(=O)c1=O. The van der Waals surface area contributed by atoms with Crippen molar-refractivity contribution >= 4 is 11.6 Å². The van der Waals surface area contributed by atoms with Gasteiger partial charge < -0.3 is 4.74 Å². The number of rotatable bonds is 5. The Kier molecular flexibility index (Phi) is 3.76. The fraction of sp³-hybridized carbons (Fsp3) is 0.364. The summed E-state index contributed by atoms with van der Waals surface area (Å²) in [5.74, 6) is 1.73. The molecule has 0 unspecified atom stereocenters. The molecule has 1 N–H and O–H groups in total. The van der Waals surface area contributed by atoms with E-state index in [1.54, 1.807) is 0 Å². The van der Waals surface area contributed by atoms with Crippen molar-refractivity contribution in [2.45, 2.75) is 19.8 Å². The lowest BCUT2D eigenvalue weighted by Gasteiger charge is -2.10. The topological polar surface area (TPSA) is 71.6 Å². The van der Waals surface area contributed by atoms with Crippen LogP contribution in [0.15, 0.2) is 9.59 Å². The van der Waals surface area contributed by atoms with Crippen LogP contribution in [0.2, 0.25) is 0 Å². The van der Waals surface area contributed by atoms with Gasteiger partial charge in [0.05, 0.1) is 18.7 Å². The molecule has 5 nitrogen and oxygen atoms in total. The van der Waals surface area contributed by atoms with E-state index in [0.717, 1.165) is 12.8 Å². The smallest absolute Gasteiger partial charge is 0.266 e. The summed E-state index contributed by atoms with van der Waals surface area (Å²) in [7, 11) is 0. The van der Waals surface area contributed by atoms with Gasteiger partial charge in [0.25, 0.3) is 11.1 Å². The van der Waals surface area contributed by atoms with Crippen molar-refractivity contribution in [1.82, 2.24) is 0 Å². The van der Waals surface area contributed by atoms with Crippen LogP contribution in [0.3, 0.4) is 0 Å². The van der Waals surface area contributed by atoms with E-state index in [1.807, 2.05) is 12.8 Å². The van der Waals surface area contributed by atoms with Crippen molar-refractivity contribution in [3.05, 3.63) is 37.4 Å². The molecule has 0 aliphatic carbocycles. The van der Waals surface area contributed by atoms with Crippen LogP contribution in [0.1, 0.15) is 25.3 Å². The highest BCUT2D eigenvalue weighted by Gasteiger charge is 2.25. The molecule has 0 heterocycles. The molecule has 0 atom stereocenters. The lowest BCUT2D eigenvalue weighted by molar-refractivity contribution is 0.302. The van der Waals surface area contributed by atoms with E-state index in [-0.39, 0.29) is 17.0 Å². The van der Waals surface area contributed by atoms with Crippen LogP contribution in [0, 0.1) is 12.0 Å². The molecule has 1 aromatic rings. The fourth-order valence-electron chi connectivity index (χ4n) is 1.19. The standard InChI is InChI=1S/C11H10N2O3/c1-3-4-5-16-11-8(7(6-12)13-2)9(14)10(11)15/h12H,3-5H2,1H3. The Balaban J connectivity index is 3.00. The number of hydrogen-bond donors (Lipinski definition) is 1. The van der Waals surface area contributed by atoms with Gasteiger partial charge in [0.1, 0.15) is 0 Å². The third-order valence-electron chi connectivity index (χ3n) is 2.08. The van der Waals surface area contributed by atoms with Crippen LogP contribution in [0.25, 0.3) is 10.5 Å². The zero-order chi connectivity index (χ0) is 12.1. The summed E-state index contributed by atoms with van der Waals surface area (Å²) in [4.78, 5) is 25.3. The van der Waals surface area contributed by atoms with E-state index < -0.39 is 10.9 Å². The monoisotopic (exact) mass is 218 g/mol. The summed E-state index contributed by atoms with van der Waals surface area (Å²) in [6.45, 7) is 9.04. The van der Waals surface area contributed by atoms with Gasteiger partial charge in [0, 0.05) is 0 Å². The van der Waals surface area contributed by atoms with Crippen LogP contribution in [0.5, 0.6) is 5.75 Å². The van der Waals surface area contributed by atoms with Crippen LogP contribution < -0.4 is 15.6 Å². The molecule has 0 saturated carbocycles. The van der Waals surface area contributed by atoms with Crippen LogP contribution in [-0.4, -0.2) is 12.5 Å². The van der Waals surface area contributed by atoms with Gasteiger partial charge in [-0.25, -0.2) is 4.85 Å². The normalized spacial score (nSPS) is 9.50. The fourth-order valence-corrected chi connectivity index (χ4v) is 1.19. The van der Waals surface area contributed by atoms with Gasteiger partial charge in [-0.05, 0) is 12.3 Å². The van der Waals surface area contributed by atoms with Crippen molar-refractivity contribution in [3.8, 4) is 5.75 Å². The predicted octanol–water partition coefficient (Wildman–Crippen LogP) is 0.970. The molecule has 0 spiro atoms. The summed E-state index contributed by atoms with van der Waals surface area (Å²) in [6, 6.07) is 0. The molecule has 0 aliphatic rings. The first-order valence-electron chi connectivity index (χ1n) is 4.81. The number of nitrogens with one attached hydrogen (secondary N) is 1. The second-order valence-corrected chi connectivity index (χ2v) is 3.15. The summed E-state index contributed by atoms with van der Waals surface area (Å²) >= 11 is 0. The van der Waals surface area contributed by atoms with Gasteiger partial charge in [-0.1, -0.05) is 13.3 Å². The number of unbranched alkanes of at least 4 members (excludes halogenated alkanes) is 1. The molecule has 0 bridgehead atoms. The predicted molar refractivity (Wildman–Crippen MR) is 59.5 cm³/mol. The minimum Gasteiger partial charge on any atom is -0.490 e. The molecule has 0 aromatic heterocycles. The maximum absolute atomic E-state index is 11.2. The highest BCUT2D eigenvalue weighted by molar-refractivity contribution is 5.94. The Morgan fingerprint density at radius 2 is 2.19 bits per heavy atom. The van der Waals surface area contributed by atoms with Gasteiger partial charge in [-0.3, -0.25) is 15.0 Å². The Bertz CT molecular complexity index is 552. The van der Waals surface area contributed by atoms with Crippen LogP contribution in [-0.2, 0) is 0 Å². The molecule has 16 heavy (non-hydrogen) atoms. The summed E-state index contributed by atoms with van der Waals surface area (Å²) < 4.78 is 5.12. The highest BCUT2D eigenvalue weighted by atomic mass is 16.5. The molecule has 0 aliphatic heterocycles. The van der Waals surface area contributed by atoms with Gasteiger partial charge in [-0.15, -0.1) is 0 Å². The third kappa shape index (κ3) is 1.92. The van der Waals surface area contributed by atoms with Gasteiger partial charge >= 0.3 is 0 Å².